The molecule has 1 saturated carbocycles. The van der Waals surface area contributed by atoms with Crippen molar-refractivity contribution in [3.05, 3.63) is 47.2 Å². The van der Waals surface area contributed by atoms with Gasteiger partial charge in [-0.25, -0.2) is 18.9 Å². The van der Waals surface area contributed by atoms with E-state index in [9.17, 15) is 18.0 Å². The van der Waals surface area contributed by atoms with Crippen molar-refractivity contribution in [2.24, 2.45) is 7.05 Å². The van der Waals surface area contributed by atoms with E-state index < -0.39 is 35.1 Å². The van der Waals surface area contributed by atoms with Gasteiger partial charge in [-0.2, -0.15) is 18.3 Å². The first kappa shape index (κ1) is 23.5. The van der Waals surface area contributed by atoms with Crippen molar-refractivity contribution in [3.63, 3.8) is 0 Å². The molecule has 0 atom stereocenters. The Hall–Kier alpha value is -3.70. The van der Waals surface area contributed by atoms with Crippen molar-refractivity contribution in [1.82, 2.24) is 19.7 Å². The summed E-state index contributed by atoms with van der Waals surface area (Å²) >= 11 is 0. The molecule has 0 amide bonds. The number of alkyl halides is 3. The van der Waals surface area contributed by atoms with Crippen molar-refractivity contribution in [2.45, 2.75) is 38.3 Å². The first-order valence-electron chi connectivity index (χ1n) is 10.5. The van der Waals surface area contributed by atoms with Gasteiger partial charge in [0.1, 0.15) is 5.82 Å². The van der Waals surface area contributed by atoms with Gasteiger partial charge in [0.25, 0.3) is 0 Å². The molecule has 2 heterocycles. The third-order valence-corrected chi connectivity index (χ3v) is 5.56. The molecular weight excluding hydrogens is 458 g/mol. The fourth-order valence-corrected chi connectivity index (χ4v) is 3.70. The van der Waals surface area contributed by atoms with Gasteiger partial charge in [0, 0.05) is 18.2 Å². The largest absolute Gasteiger partial charge is 0.462 e. The van der Waals surface area contributed by atoms with Gasteiger partial charge in [0.05, 0.1) is 24.7 Å². The summed E-state index contributed by atoms with van der Waals surface area (Å²) in [7, 11) is 1.17. The number of hydrogen-bond acceptors (Lipinski definition) is 7. The van der Waals surface area contributed by atoms with Crippen molar-refractivity contribution in [2.75, 3.05) is 12.3 Å². The second-order valence-electron chi connectivity index (χ2n) is 7.77. The van der Waals surface area contributed by atoms with Crippen LogP contribution in [-0.4, -0.2) is 32.3 Å². The van der Waals surface area contributed by atoms with E-state index in [1.807, 2.05) is 0 Å². The third kappa shape index (κ3) is 4.27. The number of benzene rings is 1. The minimum Gasteiger partial charge on any atom is -0.462 e. The molecule has 4 rings (SSSR count). The number of aromatic nitrogens is 4. The molecule has 1 fully saturated rings. The zero-order chi connectivity index (χ0) is 24.6. The number of esters is 1. The summed E-state index contributed by atoms with van der Waals surface area (Å²) < 4.78 is 67.9. The fourth-order valence-electron chi connectivity index (χ4n) is 3.70. The Labute approximate surface area is 191 Å². The van der Waals surface area contributed by atoms with E-state index in [2.05, 4.69) is 15.1 Å². The summed E-state index contributed by atoms with van der Waals surface area (Å²) in [4.78, 5) is 20.4. The number of carbonyl (C=O) groups excluding carboxylic acids is 1. The summed E-state index contributed by atoms with van der Waals surface area (Å²) in [5, 5.41) is 3.42. The van der Waals surface area contributed by atoms with Crippen LogP contribution >= 0.6 is 0 Å². The van der Waals surface area contributed by atoms with E-state index in [4.69, 9.17) is 15.2 Å². The predicted molar refractivity (Wildman–Crippen MR) is 113 cm³/mol. The minimum absolute atomic E-state index is 0.0153. The Morgan fingerprint density at radius 1 is 1.24 bits per heavy atom. The van der Waals surface area contributed by atoms with Crippen molar-refractivity contribution >= 4 is 11.8 Å². The Morgan fingerprint density at radius 2 is 1.97 bits per heavy atom. The molecule has 8 nitrogen and oxygen atoms in total. The van der Waals surface area contributed by atoms with Crippen LogP contribution in [0.15, 0.2) is 24.5 Å². The smallest absolute Gasteiger partial charge is 0.436 e. The van der Waals surface area contributed by atoms with Crippen molar-refractivity contribution in [3.8, 4) is 22.9 Å². The van der Waals surface area contributed by atoms with Gasteiger partial charge in [-0.1, -0.05) is 12.5 Å². The number of ether oxygens (including phenoxy) is 2. The molecule has 0 bridgehead atoms. The monoisotopic (exact) mass is 479 g/mol. The lowest BCUT2D eigenvalue weighted by Gasteiger charge is -2.28. The molecule has 180 valence electrons. The number of nitrogens with zero attached hydrogens (tertiary/aromatic N) is 4. The van der Waals surface area contributed by atoms with Crippen LogP contribution in [0.25, 0.3) is 11.3 Å². The first-order valence-corrected chi connectivity index (χ1v) is 10.5. The highest BCUT2D eigenvalue weighted by Gasteiger charge is 2.43. The number of nitrogen functional groups attached to an aromatic ring is 1. The maximum Gasteiger partial charge on any atom is 0.436 e. The number of rotatable bonds is 6. The Bertz CT molecular complexity index is 1220. The second-order valence-corrected chi connectivity index (χ2v) is 7.77. The summed E-state index contributed by atoms with van der Waals surface area (Å²) in [6, 6.07) is 3.15. The highest BCUT2D eigenvalue weighted by atomic mass is 19.4. The molecule has 2 aromatic heterocycles. The maximum absolute atomic E-state index is 15.8. The van der Waals surface area contributed by atoms with E-state index in [0.717, 1.165) is 23.9 Å². The van der Waals surface area contributed by atoms with E-state index in [1.54, 1.807) is 6.07 Å². The average molecular weight is 479 g/mol. The van der Waals surface area contributed by atoms with Crippen LogP contribution in [0.3, 0.4) is 0 Å². The summed E-state index contributed by atoms with van der Waals surface area (Å²) in [5.41, 5.74) is 3.79. The molecule has 0 unspecified atom stereocenters. The van der Waals surface area contributed by atoms with Gasteiger partial charge in [0.15, 0.2) is 22.8 Å². The molecule has 1 aliphatic rings. The molecule has 34 heavy (non-hydrogen) atoms. The normalized spacial score (nSPS) is 14.1. The van der Waals surface area contributed by atoms with Gasteiger partial charge < -0.3 is 15.2 Å². The van der Waals surface area contributed by atoms with E-state index in [0.29, 0.717) is 5.56 Å². The molecule has 1 aromatic carbocycles. The quantitative estimate of drug-likeness (QED) is 0.398. The summed E-state index contributed by atoms with van der Waals surface area (Å²) in [5.74, 6) is -2.91. The van der Waals surface area contributed by atoms with Gasteiger partial charge in [0.2, 0.25) is 5.88 Å². The van der Waals surface area contributed by atoms with Gasteiger partial charge in [-0.05, 0) is 31.7 Å². The van der Waals surface area contributed by atoms with Crippen LogP contribution in [-0.2, 0) is 18.0 Å². The number of carbonyl (C=O) groups is 1. The van der Waals surface area contributed by atoms with Crippen LogP contribution in [0.2, 0.25) is 0 Å². The molecular formula is C22H21F4N5O3. The molecule has 0 radical (unpaired) electrons. The lowest BCUT2D eigenvalue weighted by molar-refractivity contribution is -0.142. The maximum atomic E-state index is 15.8. The van der Waals surface area contributed by atoms with Crippen molar-refractivity contribution < 1.29 is 31.8 Å². The minimum atomic E-state index is -4.96. The first-order chi connectivity index (χ1) is 16.1. The topological polar surface area (TPSA) is 105 Å². The number of aryl methyl sites for hydroxylation is 1. The number of hydrogen-bond donors (Lipinski definition) is 1. The molecule has 0 saturated heterocycles. The second kappa shape index (κ2) is 8.92. The molecule has 0 aliphatic heterocycles. The highest BCUT2D eigenvalue weighted by molar-refractivity contribution is 5.93. The molecule has 0 spiro atoms. The third-order valence-electron chi connectivity index (χ3n) is 5.56. The van der Waals surface area contributed by atoms with Gasteiger partial charge >= 0.3 is 12.1 Å². The van der Waals surface area contributed by atoms with Crippen LogP contribution in [0.4, 0.5) is 23.4 Å². The van der Waals surface area contributed by atoms with Crippen LogP contribution in [0.5, 0.6) is 11.6 Å². The van der Waals surface area contributed by atoms with Crippen molar-refractivity contribution in [1.29, 1.82) is 0 Å². The highest BCUT2D eigenvalue weighted by Crippen LogP contribution is 2.46. The van der Waals surface area contributed by atoms with E-state index >= 15 is 4.39 Å². The van der Waals surface area contributed by atoms with Gasteiger partial charge in [-0.15, -0.1) is 0 Å². The van der Waals surface area contributed by atoms with Crippen LogP contribution < -0.4 is 10.5 Å². The molecule has 12 heteroatoms. The van der Waals surface area contributed by atoms with E-state index in [-0.39, 0.29) is 35.3 Å². The lowest BCUT2D eigenvalue weighted by atomic mass is 9.79. The Morgan fingerprint density at radius 3 is 2.53 bits per heavy atom. The summed E-state index contributed by atoms with van der Waals surface area (Å²) in [6.07, 6.45) is 0.0236. The molecule has 3 aromatic rings. The standard InChI is InChI=1S/C22H21F4N5O3/c1-3-33-21(32)16-19(22(24,25)26)30-31(2)20(16)34-18-12(11-5-4-6-11)7-8-13(17(18)23)14-9-29-15(27)10-28-14/h7-11H,3-6H2,1-2H3,(H2,27,29). The number of anilines is 1. The van der Waals surface area contributed by atoms with Crippen LogP contribution in [0.1, 0.15) is 53.7 Å². The molecule has 2 N–H and O–H groups in total. The van der Waals surface area contributed by atoms with Gasteiger partial charge in [-0.3, -0.25) is 4.98 Å². The Kier molecular flexibility index (Phi) is 6.15. The molecule has 1 aliphatic carbocycles. The van der Waals surface area contributed by atoms with Crippen LogP contribution in [0, 0.1) is 5.82 Å². The lowest BCUT2D eigenvalue weighted by Crippen LogP contribution is -2.15. The summed E-state index contributed by atoms with van der Waals surface area (Å²) in [6.45, 7) is 1.28. The Balaban J connectivity index is 1.88. The average Bonchev–Trinajstić information content (AvgIpc) is 3.07. The number of nitrogens with two attached hydrogens (primary N) is 1. The predicted octanol–water partition coefficient (Wildman–Crippen LogP) is 4.85. The zero-order valence-corrected chi connectivity index (χ0v) is 18.3. The van der Waals surface area contributed by atoms with E-state index in [1.165, 1.54) is 32.4 Å². The number of halogens is 4. The zero-order valence-electron chi connectivity index (χ0n) is 18.3. The SMILES string of the molecule is CCOC(=O)c1c(C(F)(F)F)nn(C)c1Oc1c(C2CCC2)ccc(-c2cnc(N)cn2)c1F. The fraction of sp³-hybridized carbons (Fsp3) is 0.364.